The molecule has 0 saturated carbocycles. The summed E-state index contributed by atoms with van der Waals surface area (Å²) in [7, 11) is 0. The first-order chi connectivity index (χ1) is 13.6. The number of rotatable bonds is 12. The van der Waals surface area contributed by atoms with E-state index in [1.807, 2.05) is 34.6 Å². The molecule has 1 atom stereocenters. The van der Waals surface area contributed by atoms with Crippen LogP contribution in [0.1, 0.15) is 153 Å². The Morgan fingerprint density at radius 3 is 1.32 bits per heavy atom. The third-order valence-electron chi connectivity index (χ3n) is 3.62. The Hall–Kier alpha value is -0.530. The Labute approximate surface area is 181 Å². The maximum atomic E-state index is 11.6. The first-order valence-corrected chi connectivity index (χ1v) is 12.8. The van der Waals surface area contributed by atoms with Gasteiger partial charge in [0.15, 0.2) is 0 Å². The summed E-state index contributed by atoms with van der Waals surface area (Å²) in [5, 5.41) is 0. The van der Waals surface area contributed by atoms with Crippen LogP contribution in [0.15, 0.2) is 0 Å². The van der Waals surface area contributed by atoms with Crippen LogP contribution in [0.4, 0.5) is 0 Å². The van der Waals surface area contributed by atoms with Crippen molar-refractivity contribution >= 4 is 5.97 Å². The summed E-state index contributed by atoms with van der Waals surface area (Å²) >= 11 is 0. The van der Waals surface area contributed by atoms with E-state index in [9.17, 15) is 4.79 Å². The molecule has 28 heavy (non-hydrogen) atoms. The van der Waals surface area contributed by atoms with Crippen molar-refractivity contribution in [3.63, 3.8) is 0 Å². The van der Waals surface area contributed by atoms with Gasteiger partial charge in [0, 0.05) is 0 Å². The van der Waals surface area contributed by atoms with Crippen molar-refractivity contribution in [3.8, 4) is 0 Å². The number of esters is 1. The molecular weight excluding hydrogens is 344 g/mol. The highest BCUT2D eigenvalue weighted by molar-refractivity contribution is 5.72. The van der Waals surface area contributed by atoms with E-state index in [4.69, 9.17) is 4.74 Å². The Morgan fingerprint density at radius 2 is 1.00 bits per heavy atom. The lowest BCUT2D eigenvalue weighted by Gasteiger charge is -2.14. The highest BCUT2D eigenvalue weighted by Gasteiger charge is 2.17. The average molecular weight is 405 g/mol. The fraction of sp³-hybridized carbons (Fsp3) is 0.962. The summed E-state index contributed by atoms with van der Waals surface area (Å²) in [6.45, 7) is 23.4. The van der Waals surface area contributed by atoms with Gasteiger partial charge in [-0.1, -0.05) is 133 Å². The van der Waals surface area contributed by atoms with Crippen LogP contribution in [0.5, 0.6) is 0 Å². The minimum atomic E-state index is 0.0100. The molecule has 0 radical (unpaired) electrons. The van der Waals surface area contributed by atoms with Crippen molar-refractivity contribution in [2.75, 3.05) is 6.61 Å². The molecule has 2 nitrogen and oxygen atoms in total. The van der Waals surface area contributed by atoms with Gasteiger partial charge in [0.05, 0.1) is 12.5 Å². The molecule has 0 N–H and O–H groups in total. The van der Waals surface area contributed by atoms with E-state index in [0.29, 0.717) is 6.61 Å². The average Bonchev–Trinajstić information content (AvgIpc) is 2.73. The summed E-state index contributed by atoms with van der Waals surface area (Å²) < 4.78 is 5.07. The highest BCUT2D eigenvalue weighted by atomic mass is 16.5. The Balaban J connectivity index is -0.000000112. The Kier molecular flexibility index (Phi) is 61.7. The van der Waals surface area contributed by atoms with Gasteiger partial charge < -0.3 is 4.74 Å². The summed E-state index contributed by atoms with van der Waals surface area (Å²) in [6.07, 6.45) is 14.8. The van der Waals surface area contributed by atoms with Gasteiger partial charge >= 0.3 is 5.97 Å². The molecule has 1 unspecified atom stereocenters. The molecule has 0 aliphatic carbocycles. The van der Waals surface area contributed by atoms with E-state index in [1.165, 1.54) is 51.4 Å². The van der Waals surface area contributed by atoms with Gasteiger partial charge in [-0.15, -0.1) is 0 Å². The second-order valence-corrected chi connectivity index (χ2v) is 6.50. The van der Waals surface area contributed by atoms with Crippen LogP contribution in [0.3, 0.4) is 0 Å². The zero-order chi connectivity index (χ0) is 23.1. The van der Waals surface area contributed by atoms with Crippen molar-refractivity contribution in [1.82, 2.24) is 0 Å². The molecule has 0 aromatic heterocycles. The van der Waals surface area contributed by atoms with E-state index in [0.717, 1.165) is 25.7 Å². The molecule has 176 valence electrons. The zero-order valence-electron chi connectivity index (χ0n) is 22.1. The molecular formula is C26H60O2. The summed E-state index contributed by atoms with van der Waals surface area (Å²) in [6, 6.07) is 0. The topological polar surface area (TPSA) is 26.3 Å². The third kappa shape index (κ3) is 44.7. The third-order valence-corrected chi connectivity index (χ3v) is 3.62. The zero-order valence-corrected chi connectivity index (χ0v) is 22.1. The molecule has 0 heterocycles. The van der Waals surface area contributed by atoms with Crippen LogP contribution in [0.25, 0.3) is 0 Å². The van der Waals surface area contributed by atoms with Crippen molar-refractivity contribution in [2.45, 2.75) is 153 Å². The Bertz CT molecular complexity index is 210. The first kappa shape index (κ1) is 38.1. The van der Waals surface area contributed by atoms with Gasteiger partial charge in [-0.3, -0.25) is 4.79 Å². The SMILES string of the molecule is CC.CC.CCC.CCCCCC.CCCCCCC(CCC)C(=O)OCC. The van der Waals surface area contributed by atoms with E-state index in [1.54, 1.807) is 0 Å². The fourth-order valence-corrected chi connectivity index (χ4v) is 2.31. The molecule has 0 amide bonds. The van der Waals surface area contributed by atoms with E-state index >= 15 is 0 Å². The molecule has 0 aliphatic heterocycles. The van der Waals surface area contributed by atoms with Gasteiger partial charge in [0.2, 0.25) is 0 Å². The lowest BCUT2D eigenvalue weighted by Crippen LogP contribution is -2.17. The van der Waals surface area contributed by atoms with Crippen LogP contribution in [0.2, 0.25) is 0 Å². The number of hydrogen-bond acceptors (Lipinski definition) is 2. The molecule has 2 heteroatoms. The van der Waals surface area contributed by atoms with Crippen molar-refractivity contribution in [2.24, 2.45) is 5.92 Å². The summed E-state index contributed by atoms with van der Waals surface area (Å²) in [4.78, 5) is 11.6. The molecule has 0 bridgehead atoms. The standard InChI is InChI=1S/C13H26O2.C6H14.C3H8.2C2H6/c1-4-7-8-9-11-12(10-5-2)13(14)15-6-3;1-3-5-6-4-2;1-3-2;2*1-2/h12H,4-11H2,1-3H3;3-6H2,1-2H3;3H2,1-2H3;2*1-2H3. The van der Waals surface area contributed by atoms with E-state index in [2.05, 4.69) is 41.5 Å². The maximum Gasteiger partial charge on any atom is 0.308 e. The molecule has 0 saturated heterocycles. The van der Waals surface area contributed by atoms with Crippen LogP contribution in [0, 0.1) is 5.92 Å². The molecule has 0 aromatic carbocycles. The van der Waals surface area contributed by atoms with Gasteiger partial charge in [-0.05, 0) is 19.8 Å². The second-order valence-electron chi connectivity index (χ2n) is 6.50. The normalized spacial score (nSPS) is 9.68. The molecule has 0 rings (SSSR count). The highest BCUT2D eigenvalue weighted by Crippen LogP contribution is 2.17. The number of ether oxygens (including phenoxy) is 1. The molecule has 0 aliphatic rings. The summed E-state index contributed by atoms with van der Waals surface area (Å²) in [5.41, 5.74) is 0. The first-order valence-electron chi connectivity index (χ1n) is 12.8. The largest absolute Gasteiger partial charge is 0.466 e. The van der Waals surface area contributed by atoms with Crippen LogP contribution >= 0.6 is 0 Å². The molecule has 0 fully saturated rings. The van der Waals surface area contributed by atoms with E-state index < -0.39 is 0 Å². The van der Waals surface area contributed by atoms with Gasteiger partial charge in [0.25, 0.3) is 0 Å². The van der Waals surface area contributed by atoms with Crippen molar-refractivity contribution in [3.05, 3.63) is 0 Å². The minimum Gasteiger partial charge on any atom is -0.466 e. The van der Waals surface area contributed by atoms with Crippen LogP contribution < -0.4 is 0 Å². The van der Waals surface area contributed by atoms with Gasteiger partial charge in [0.1, 0.15) is 0 Å². The maximum absolute atomic E-state index is 11.6. The fourth-order valence-electron chi connectivity index (χ4n) is 2.31. The predicted octanol–water partition coefficient (Wildman–Crippen LogP) is 9.99. The smallest absolute Gasteiger partial charge is 0.308 e. The number of hydrogen-bond donors (Lipinski definition) is 0. The van der Waals surface area contributed by atoms with E-state index in [-0.39, 0.29) is 11.9 Å². The van der Waals surface area contributed by atoms with Gasteiger partial charge in [-0.2, -0.15) is 0 Å². The van der Waals surface area contributed by atoms with Crippen LogP contribution in [-0.2, 0) is 9.53 Å². The number of carbonyl (C=O) groups is 1. The van der Waals surface area contributed by atoms with Crippen molar-refractivity contribution < 1.29 is 9.53 Å². The van der Waals surface area contributed by atoms with Gasteiger partial charge in [-0.25, -0.2) is 0 Å². The second kappa shape index (κ2) is 45.3. The monoisotopic (exact) mass is 404 g/mol. The number of carbonyl (C=O) groups excluding carboxylic acids is 1. The lowest BCUT2D eigenvalue weighted by molar-refractivity contribution is -0.148. The predicted molar refractivity (Wildman–Crippen MR) is 132 cm³/mol. The van der Waals surface area contributed by atoms with Crippen molar-refractivity contribution in [1.29, 1.82) is 0 Å². The summed E-state index contributed by atoms with van der Waals surface area (Å²) in [5.74, 6) is 0.155. The minimum absolute atomic E-state index is 0.0100. The number of unbranched alkanes of at least 4 members (excludes halogenated alkanes) is 6. The molecule has 0 aromatic rings. The Morgan fingerprint density at radius 1 is 0.607 bits per heavy atom. The quantitative estimate of drug-likeness (QED) is 0.239. The lowest BCUT2D eigenvalue weighted by atomic mass is 9.96. The molecule has 0 spiro atoms. The van der Waals surface area contributed by atoms with Crippen LogP contribution in [-0.4, -0.2) is 12.6 Å².